The van der Waals surface area contributed by atoms with Crippen LogP contribution in [0.2, 0.25) is 0 Å². The minimum Gasteiger partial charge on any atom is -0.261 e. The Labute approximate surface area is 63.2 Å². The van der Waals surface area contributed by atoms with E-state index in [-0.39, 0.29) is 0 Å². The zero-order valence-electron chi connectivity index (χ0n) is 4.97. The van der Waals surface area contributed by atoms with E-state index in [9.17, 15) is 0 Å². The van der Waals surface area contributed by atoms with E-state index >= 15 is 0 Å². The minimum atomic E-state index is 0.749. The first-order valence-corrected chi connectivity index (χ1v) is 3.52. The second-order valence-electron chi connectivity index (χ2n) is 1.72. The highest BCUT2D eigenvalue weighted by molar-refractivity contribution is 9.10. The van der Waals surface area contributed by atoms with Crippen LogP contribution in [0.4, 0.5) is 0 Å². The van der Waals surface area contributed by atoms with Crippen molar-refractivity contribution in [2.45, 2.75) is 6.42 Å². The third-order valence-electron chi connectivity index (χ3n) is 1.03. The molecule has 0 aliphatic rings. The lowest BCUT2D eigenvalue weighted by Crippen LogP contribution is -1.83. The lowest BCUT2D eigenvalue weighted by atomic mass is 10.3. The van der Waals surface area contributed by atoms with Crippen molar-refractivity contribution in [1.82, 2.24) is 4.98 Å². The van der Waals surface area contributed by atoms with Gasteiger partial charge in [0.1, 0.15) is 0 Å². The summed E-state index contributed by atoms with van der Waals surface area (Å²) in [6, 6.07) is 3.87. The largest absolute Gasteiger partial charge is 0.261 e. The summed E-state index contributed by atoms with van der Waals surface area (Å²) in [7, 11) is 0. The molecule has 0 unspecified atom stereocenters. The standard InChI is InChI=1S/C7H7BrN/c1-2-7-5-6(8)3-4-9-7/h3-5H,1-2H2. The summed E-state index contributed by atoms with van der Waals surface area (Å²) < 4.78 is 1.07. The Hall–Kier alpha value is -0.370. The Morgan fingerprint density at radius 2 is 2.44 bits per heavy atom. The highest BCUT2D eigenvalue weighted by Gasteiger charge is 1.88. The van der Waals surface area contributed by atoms with Crippen LogP contribution >= 0.6 is 15.9 Å². The van der Waals surface area contributed by atoms with E-state index in [1.807, 2.05) is 12.1 Å². The molecule has 0 spiro atoms. The molecule has 47 valence electrons. The van der Waals surface area contributed by atoms with Crippen molar-refractivity contribution in [3.05, 3.63) is 35.4 Å². The van der Waals surface area contributed by atoms with E-state index in [2.05, 4.69) is 27.8 Å². The second-order valence-corrected chi connectivity index (χ2v) is 2.63. The first-order chi connectivity index (χ1) is 4.33. The maximum absolute atomic E-state index is 4.07. The molecule has 1 aromatic heterocycles. The number of pyridine rings is 1. The Morgan fingerprint density at radius 3 is 2.89 bits per heavy atom. The van der Waals surface area contributed by atoms with Gasteiger partial charge in [-0.2, -0.15) is 0 Å². The predicted octanol–water partition coefficient (Wildman–Crippen LogP) is 2.22. The molecule has 2 heteroatoms. The molecule has 9 heavy (non-hydrogen) atoms. The smallest absolute Gasteiger partial charge is 0.0414 e. The van der Waals surface area contributed by atoms with Crippen molar-refractivity contribution in [2.75, 3.05) is 0 Å². The van der Waals surface area contributed by atoms with Crippen molar-refractivity contribution >= 4 is 15.9 Å². The molecular weight excluding hydrogens is 178 g/mol. The normalized spacial score (nSPS) is 9.56. The zero-order valence-corrected chi connectivity index (χ0v) is 6.56. The van der Waals surface area contributed by atoms with Gasteiger partial charge in [0, 0.05) is 16.4 Å². The van der Waals surface area contributed by atoms with Crippen LogP contribution < -0.4 is 0 Å². The van der Waals surface area contributed by atoms with Gasteiger partial charge in [-0.25, -0.2) is 0 Å². The minimum absolute atomic E-state index is 0.749. The molecule has 0 aliphatic carbocycles. The zero-order chi connectivity index (χ0) is 6.69. The predicted molar refractivity (Wildman–Crippen MR) is 41.0 cm³/mol. The summed E-state index contributed by atoms with van der Waals surface area (Å²) >= 11 is 3.34. The molecule has 0 aliphatic heterocycles. The van der Waals surface area contributed by atoms with Gasteiger partial charge in [-0.15, -0.1) is 0 Å². The number of rotatable bonds is 1. The molecule has 0 aromatic carbocycles. The number of aromatic nitrogens is 1. The maximum atomic E-state index is 4.07. The van der Waals surface area contributed by atoms with E-state index in [4.69, 9.17) is 0 Å². The van der Waals surface area contributed by atoms with Crippen LogP contribution in [0, 0.1) is 6.92 Å². The van der Waals surface area contributed by atoms with Crippen LogP contribution in [0.3, 0.4) is 0 Å². The molecular formula is C7H7BrN. The first-order valence-electron chi connectivity index (χ1n) is 2.72. The van der Waals surface area contributed by atoms with Gasteiger partial charge in [0.2, 0.25) is 0 Å². The highest BCUT2D eigenvalue weighted by Crippen LogP contribution is 2.08. The molecule has 0 amide bonds. The number of hydrogen-bond acceptors (Lipinski definition) is 1. The topological polar surface area (TPSA) is 12.9 Å². The summed E-state index contributed by atoms with van der Waals surface area (Å²) in [5, 5.41) is 0. The fourth-order valence-corrected chi connectivity index (χ4v) is 0.968. The van der Waals surface area contributed by atoms with E-state index in [0.29, 0.717) is 0 Å². The third-order valence-corrected chi connectivity index (χ3v) is 1.53. The van der Waals surface area contributed by atoms with E-state index in [1.54, 1.807) is 6.20 Å². The van der Waals surface area contributed by atoms with Crippen molar-refractivity contribution in [2.24, 2.45) is 0 Å². The molecule has 1 heterocycles. The summed E-state index contributed by atoms with van der Waals surface area (Å²) in [5.41, 5.74) is 1.02. The summed E-state index contributed by atoms with van der Waals surface area (Å²) in [4.78, 5) is 4.07. The molecule has 1 rings (SSSR count). The molecule has 1 nitrogen and oxygen atoms in total. The molecule has 1 radical (unpaired) electrons. The Bertz CT molecular complexity index is 198. The van der Waals surface area contributed by atoms with E-state index < -0.39 is 0 Å². The average Bonchev–Trinajstić information content (AvgIpc) is 1.88. The number of nitrogens with zero attached hydrogens (tertiary/aromatic N) is 1. The van der Waals surface area contributed by atoms with Gasteiger partial charge in [-0.1, -0.05) is 15.9 Å². The van der Waals surface area contributed by atoms with Crippen molar-refractivity contribution in [3.8, 4) is 0 Å². The van der Waals surface area contributed by atoms with Crippen LogP contribution in [-0.2, 0) is 6.42 Å². The van der Waals surface area contributed by atoms with Gasteiger partial charge in [-0.05, 0) is 25.5 Å². The quantitative estimate of drug-likeness (QED) is 0.653. The molecule has 0 atom stereocenters. The molecule has 0 bridgehead atoms. The first kappa shape index (κ1) is 6.75. The van der Waals surface area contributed by atoms with Crippen LogP contribution in [0.25, 0.3) is 0 Å². The van der Waals surface area contributed by atoms with Crippen molar-refractivity contribution in [1.29, 1.82) is 0 Å². The Kier molecular flexibility index (Phi) is 2.22. The van der Waals surface area contributed by atoms with Crippen molar-refractivity contribution < 1.29 is 0 Å². The SMILES string of the molecule is [CH2]Cc1cc(Br)ccn1. The number of halogens is 1. The third kappa shape index (κ3) is 1.79. The lowest BCUT2D eigenvalue weighted by molar-refractivity contribution is 1.10. The Morgan fingerprint density at radius 1 is 1.67 bits per heavy atom. The van der Waals surface area contributed by atoms with E-state index in [1.165, 1.54) is 0 Å². The van der Waals surface area contributed by atoms with E-state index in [0.717, 1.165) is 16.6 Å². The Balaban J connectivity index is 2.94. The van der Waals surface area contributed by atoms with Gasteiger partial charge < -0.3 is 0 Å². The van der Waals surface area contributed by atoms with Crippen LogP contribution in [0.15, 0.2) is 22.8 Å². The lowest BCUT2D eigenvalue weighted by Gasteiger charge is -1.92. The van der Waals surface area contributed by atoms with Gasteiger partial charge in [0.15, 0.2) is 0 Å². The van der Waals surface area contributed by atoms with Gasteiger partial charge in [0.25, 0.3) is 0 Å². The summed E-state index contributed by atoms with van der Waals surface area (Å²) in [6.45, 7) is 3.71. The van der Waals surface area contributed by atoms with Crippen LogP contribution in [-0.4, -0.2) is 4.98 Å². The molecule has 0 N–H and O–H groups in total. The second kappa shape index (κ2) is 2.97. The average molecular weight is 185 g/mol. The molecule has 0 saturated heterocycles. The fraction of sp³-hybridized carbons (Fsp3) is 0.143. The van der Waals surface area contributed by atoms with Gasteiger partial charge in [-0.3, -0.25) is 4.98 Å². The molecule has 0 fully saturated rings. The molecule has 1 aromatic rings. The fourth-order valence-electron chi connectivity index (χ4n) is 0.585. The van der Waals surface area contributed by atoms with Gasteiger partial charge >= 0.3 is 0 Å². The summed E-state index contributed by atoms with van der Waals surface area (Å²) in [5.74, 6) is 0. The van der Waals surface area contributed by atoms with Gasteiger partial charge in [0.05, 0.1) is 0 Å². The summed E-state index contributed by atoms with van der Waals surface area (Å²) in [6.07, 6.45) is 2.52. The maximum Gasteiger partial charge on any atom is 0.0414 e. The highest BCUT2D eigenvalue weighted by atomic mass is 79.9. The van der Waals surface area contributed by atoms with Crippen molar-refractivity contribution in [3.63, 3.8) is 0 Å². The number of hydrogen-bond donors (Lipinski definition) is 0. The monoisotopic (exact) mass is 184 g/mol. The van der Waals surface area contributed by atoms with Crippen LogP contribution in [0.5, 0.6) is 0 Å². The molecule has 0 saturated carbocycles. The van der Waals surface area contributed by atoms with Crippen LogP contribution in [0.1, 0.15) is 5.69 Å².